The van der Waals surface area contributed by atoms with E-state index in [9.17, 15) is 9.18 Å². The lowest BCUT2D eigenvalue weighted by Crippen LogP contribution is -1.99. The van der Waals surface area contributed by atoms with Gasteiger partial charge in [0, 0.05) is 10.6 Å². The molecule has 0 saturated carbocycles. The Labute approximate surface area is 149 Å². The largest absolute Gasteiger partial charge is 0.481 e. The number of hydrogen-bond acceptors (Lipinski definition) is 2. The van der Waals surface area contributed by atoms with Crippen LogP contribution in [0.15, 0.2) is 66.7 Å². The lowest BCUT2D eigenvalue weighted by Gasteiger charge is -2.09. The average Bonchev–Trinajstić information content (AvgIpc) is 2.55. The molecule has 3 nitrogen and oxygen atoms in total. The van der Waals surface area contributed by atoms with Gasteiger partial charge in [-0.05, 0) is 53.6 Å². The van der Waals surface area contributed by atoms with Gasteiger partial charge in [-0.25, -0.2) is 4.39 Å². The number of halogens is 2. The zero-order valence-corrected chi connectivity index (χ0v) is 13.8. The third-order valence-corrected chi connectivity index (χ3v) is 3.80. The maximum absolute atomic E-state index is 14.1. The van der Waals surface area contributed by atoms with Crippen molar-refractivity contribution in [3.8, 4) is 22.6 Å². The topological polar surface area (TPSA) is 46.5 Å². The van der Waals surface area contributed by atoms with Crippen molar-refractivity contribution in [3.05, 3.63) is 83.1 Å². The average molecular weight is 357 g/mol. The van der Waals surface area contributed by atoms with E-state index in [-0.39, 0.29) is 6.42 Å². The molecule has 0 atom stereocenters. The molecule has 0 heterocycles. The number of carboxylic acids is 1. The van der Waals surface area contributed by atoms with Crippen molar-refractivity contribution in [1.82, 2.24) is 0 Å². The minimum atomic E-state index is -0.905. The second-order valence-corrected chi connectivity index (χ2v) is 5.91. The van der Waals surface area contributed by atoms with Crippen LogP contribution in [0.3, 0.4) is 0 Å². The molecule has 0 unspecified atom stereocenters. The van der Waals surface area contributed by atoms with Crippen LogP contribution in [0.4, 0.5) is 4.39 Å². The van der Waals surface area contributed by atoms with Gasteiger partial charge in [0.2, 0.25) is 0 Å². The Kier molecular flexibility index (Phi) is 5.00. The predicted molar refractivity (Wildman–Crippen MR) is 94.7 cm³/mol. The fourth-order valence-electron chi connectivity index (χ4n) is 2.48. The van der Waals surface area contributed by atoms with Gasteiger partial charge in [0.05, 0.1) is 6.42 Å². The zero-order valence-electron chi connectivity index (χ0n) is 13.1. The van der Waals surface area contributed by atoms with Gasteiger partial charge in [-0.2, -0.15) is 0 Å². The molecule has 3 rings (SSSR count). The van der Waals surface area contributed by atoms with Crippen LogP contribution < -0.4 is 4.74 Å². The van der Waals surface area contributed by atoms with Crippen molar-refractivity contribution in [3.63, 3.8) is 0 Å². The molecule has 0 fully saturated rings. The maximum Gasteiger partial charge on any atom is 0.307 e. The predicted octanol–water partition coefficient (Wildman–Crippen LogP) is 5.57. The van der Waals surface area contributed by atoms with Crippen molar-refractivity contribution in [2.24, 2.45) is 0 Å². The van der Waals surface area contributed by atoms with E-state index in [4.69, 9.17) is 21.4 Å². The molecule has 0 spiro atoms. The van der Waals surface area contributed by atoms with Gasteiger partial charge in [-0.3, -0.25) is 4.79 Å². The summed E-state index contributed by atoms with van der Waals surface area (Å²) in [4.78, 5) is 10.8. The Balaban J connectivity index is 1.86. The Bertz CT molecular complexity index is 924. The molecule has 0 aromatic heterocycles. The monoisotopic (exact) mass is 356 g/mol. The fraction of sp³-hybridized carbons (Fsp3) is 0.0500. The summed E-state index contributed by atoms with van der Waals surface area (Å²) in [6.07, 6.45) is -0.0762. The lowest BCUT2D eigenvalue weighted by molar-refractivity contribution is -0.136. The molecule has 0 amide bonds. The maximum atomic E-state index is 14.1. The number of benzene rings is 3. The summed E-state index contributed by atoms with van der Waals surface area (Å²) in [5, 5.41) is 9.21. The van der Waals surface area contributed by atoms with Crippen molar-refractivity contribution in [1.29, 1.82) is 0 Å². The molecule has 3 aromatic carbocycles. The normalized spacial score (nSPS) is 10.5. The highest BCUT2D eigenvalue weighted by atomic mass is 35.5. The Morgan fingerprint density at radius 3 is 2.44 bits per heavy atom. The molecule has 5 heteroatoms. The van der Waals surface area contributed by atoms with Crippen molar-refractivity contribution in [2.45, 2.75) is 6.42 Å². The first-order valence-corrected chi connectivity index (χ1v) is 7.93. The summed E-state index contributed by atoms with van der Waals surface area (Å²) in [5.41, 5.74) is 1.73. The molecule has 25 heavy (non-hydrogen) atoms. The summed E-state index contributed by atoms with van der Waals surface area (Å²) in [7, 11) is 0. The quantitative estimate of drug-likeness (QED) is 0.650. The van der Waals surface area contributed by atoms with Gasteiger partial charge in [0.15, 0.2) is 0 Å². The molecular weight excluding hydrogens is 343 g/mol. The first kappa shape index (κ1) is 17.0. The van der Waals surface area contributed by atoms with E-state index in [2.05, 4.69) is 0 Å². The number of rotatable bonds is 5. The molecule has 1 N–H and O–H groups in total. The molecule has 3 aromatic rings. The zero-order chi connectivity index (χ0) is 17.8. The van der Waals surface area contributed by atoms with Crippen molar-refractivity contribution in [2.75, 3.05) is 0 Å². The smallest absolute Gasteiger partial charge is 0.307 e. The van der Waals surface area contributed by atoms with Crippen LogP contribution in [0.2, 0.25) is 5.02 Å². The van der Waals surface area contributed by atoms with Crippen LogP contribution in [-0.2, 0) is 11.2 Å². The highest BCUT2D eigenvalue weighted by molar-refractivity contribution is 6.30. The molecule has 0 aliphatic carbocycles. The van der Waals surface area contributed by atoms with Crippen LogP contribution in [0.5, 0.6) is 11.5 Å². The van der Waals surface area contributed by atoms with Gasteiger partial charge in [-0.15, -0.1) is 0 Å². The number of aliphatic carboxylic acids is 1. The summed E-state index contributed by atoms with van der Waals surface area (Å²) < 4.78 is 19.9. The van der Waals surface area contributed by atoms with Crippen LogP contribution in [0.25, 0.3) is 11.1 Å². The second-order valence-electron chi connectivity index (χ2n) is 5.47. The highest BCUT2D eigenvalue weighted by Crippen LogP contribution is 2.30. The molecule has 126 valence electrons. The Hall–Kier alpha value is -2.85. The Morgan fingerprint density at radius 2 is 1.72 bits per heavy atom. The highest BCUT2D eigenvalue weighted by Gasteiger charge is 2.08. The van der Waals surface area contributed by atoms with Crippen LogP contribution in [0.1, 0.15) is 5.56 Å². The molecule has 0 saturated heterocycles. The van der Waals surface area contributed by atoms with Crippen molar-refractivity contribution >= 4 is 17.6 Å². The van der Waals surface area contributed by atoms with E-state index in [0.717, 1.165) is 0 Å². The second kappa shape index (κ2) is 7.36. The Morgan fingerprint density at radius 1 is 1.00 bits per heavy atom. The van der Waals surface area contributed by atoms with Gasteiger partial charge in [-0.1, -0.05) is 35.9 Å². The SMILES string of the molecule is O=C(O)Cc1cccc(Oc2cccc(-c3ccc(Cl)cc3F)c2)c1. The summed E-state index contributed by atoms with van der Waals surface area (Å²) in [6.45, 7) is 0. The first-order chi connectivity index (χ1) is 12.0. The number of hydrogen-bond donors (Lipinski definition) is 1. The first-order valence-electron chi connectivity index (χ1n) is 7.55. The fourth-order valence-corrected chi connectivity index (χ4v) is 2.64. The molecule has 0 radical (unpaired) electrons. The van der Waals surface area contributed by atoms with E-state index < -0.39 is 11.8 Å². The van der Waals surface area contributed by atoms with E-state index in [1.54, 1.807) is 60.7 Å². The van der Waals surface area contributed by atoms with Gasteiger partial charge >= 0.3 is 5.97 Å². The third kappa shape index (κ3) is 4.37. The van der Waals surface area contributed by atoms with Gasteiger partial charge in [0.1, 0.15) is 17.3 Å². The van der Waals surface area contributed by atoms with E-state index in [1.807, 2.05) is 0 Å². The molecule has 0 bridgehead atoms. The van der Waals surface area contributed by atoms with E-state index in [1.165, 1.54) is 6.07 Å². The van der Waals surface area contributed by atoms with Gasteiger partial charge in [0.25, 0.3) is 0 Å². The summed E-state index contributed by atoms with van der Waals surface area (Å²) in [5.74, 6) is -0.266. The summed E-state index contributed by atoms with van der Waals surface area (Å²) in [6, 6.07) is 18.4. The standard InChI is InChI=1S/C20H14ClFO3/c21-15-7-8-18(19(22)12-15)14-4-2-6-17(11-14)25-16-5-1-3-13(9-16)10-20(23)24/h1-9,11-12H,10H2,(H,23,24). The molecule has 0 aliphatic heterocycles. The number of carbonyl (C=O) groups is 1. The van der Waals surface area contributed by atoms with Crippen LogP contribution in [0, 0.1) is 5.82 Å². The van der Waals surface area contributed by atoms with Crippen LogP contribution in [-0.4, -0.2) is 11.1 Å². The lowest BCUT2D eigenvalue weighted by atomic mass is 10.0. The molecule has 0 aliphatic rings. The van der Waals surface area contributed by atoms with Crippen LogP contribution >= 0.6 is 11.6 Å². The number of carboxylic acid groups (broad SMARTS) is 1. The minimum absolute atomic E-state index is 0.0762. The van der Waals surface area contributed by atoms with Crippen molar-refractivity contribution < 1.29 is 19.0 Å². The minimum Gasteiger partial charge on any atom is -0.481 e. The third-order valence-electron chi connectivity index (χ3n) is 3.57. The van der Waals surface area contributed by atoms with E-state index >= 15 is 0 Å². The summed E-state index contributed by atoms with van der Waals surface area (Å²) >= 11 is 5.79. The number of ether oxygens (including phenoxy) is 1. The van der Waals surface area contributed by atoms with Gasteiger partial charge < -0.3 is 9.84 Å². The molecular formula is C20H14ClFO3. The van der Waals surface area contributed by atoms with E-state index in [0.29, 0.717) is 33.2 Å².